The molecule has 172 valence electrons. The van der Waals surface area contributed by atoms with Crippen molar-refractivity contribution < 1.29 is 24.2 Å². The number of nitrogens with one attached hydrogen (secondary N) is 1. The molecular weight excluding hydrogens is 434 g/mol. The first-order chi connectivity index (χ1) is 16.5. The van der Waals surface area contributed by atoms with E-state index in [9.17, 15) is 19.5 Å². The molecular formula is C26H23N3O5. The number of carboxylic acid groups (broad SMARTS) is 1. The number of rotatable bonds is 7. The van der Waals surface area contributed by atoms with Crippen molar-refractivity contribution >= 4 is 17.8 Å². The molecule has 2 fully saturated rings. The van der Waals surface area contributed by atoms with Crippen molar-refractivity contribution in [3.05, 3.63) is 90.3 Å². The average Bonchev–Trinajstić information content (AvgIpc) is 3.37. The van der Waals surface area contributed by atoms with Crippen LogP contribution in [0.4, 0.5) is 0 Å². The van der Waals surface area contributed by atoms with Crippen LogP contribution in [0.2, 0.25) is 0 Å². The fourth-order valence-corrected chi connectivity index (χ4v) is 4.77. The Balaban J connectivity index is 1.36. The van der Waals surface area contributed by atoms with Crippen LogP contribution in [0.5, 0.6) is 11.5 Å². The first kappa shape index (κ1) is 21.8. The number of carboxylic acids is 1. The minimum atomic E-state index is -1.14. The number of likely N-dealkylation sites (tertiary alicyclic amines) is 1. The zero-order valence-corrected chi connectivity index (χ0v) is 18.2. The molecule has 1 aromatic heterocycles. The zero-order valence-electron chi connectivity index (χ0n) is 18.2. The van der Waals surface area contributed by atoms with Gasteiger partial charge in [-0.3, -0.25) is 29.6 Å². The molecule has 0 radical (unpaired) electrons. The molecule has 2 amide bonds. The van der Waals surface area contributed by atoms with E-state index >= 15 is 0 Å². The van der Waals surface area contributed by atoms with E-state index < -0.39 is 35.8 Å². The third-order valence-electron chi connectivity index (χ3n) is 6.37. The lowest BCUT2D eigenvalue weighted by atomic mass is 9.86. The number of amides is 2. The number of hydrogen-bond donors (Lipinski definition) is 2. The van der Waals surface area contributed by atoms with Crippen LogP contribution < -0.4 is 10.1 Å². The molecule has 0 bridgehead atoms. The number of benzene rings is 2. The summed E-state index contributed by atoms with van der Waals surface area (Å²) < 4.78 is 5.82. The van der Waals surface area contributed by atoms with Crippen molar-refractivity contribution in [3.63, 3.8) is 0 Å². The van der Waals surface area contributed by atoms with Gasteiger partial charge in [0.2, 0.25) is 11.8 Å². The van der Waals surface area contributed by atoms with Gasteiger partial charge in [-0.15, -0.1) is 0 Å². The van der Waals surface area contributed by atoms with Crippen molar-refractivity contribution in [2.24, 2.45) is 11.8 Å². The average molecular weight is 457 g/mol. The molecule has 34 heavy (non-hydrogen) atoms. The summed E-state index contributed by atoms with van der Waals surface area (Å²) >= 11 is 0. The number of para-hydroxylation sites is 1. The van der Waals surface area contributed by atoms with Gasteiger partial charge in [-0.05, 0) is 42.0 Å². The normalized spacial score (nSPS) is 23.7. The highest BCUT2D eigenvalue weighted by atomic mass is 16.5. The smallest absolute Gasteiger partial charge is 0.321 e. The minimum absolute atomic E-state index is 0.171. The Morgan fingerprint density at radius 3 is 2.26 bits per heavy atom. The Hall–Kier alpha value is -4.04. The molecule has 2 aromatic carbocycles. The minimum Gasteiger partial charge on any atom is -0.480 e. The van der Waals surface area contributed by atoms with Gasteiger partial charge in [0.15, 0.2) is 0 Å². The number of nitrogens with zero attached hydrogens (tertiary/aromatic N) is 2. The molecule has 0 saturated carbocycles. The summed E-state index contributed by atoms with van der Waals surface area (Å²) in [7, 11) is 0. The van der Waals surface area contributed by atoms with Crippen LogP contribution in [0.25, 0.3) is 0 Å². The molecule has 0 aliphatic carbocycles. The van der Waals surface area contributed by atoms with Gasteiger partial charge in [0.25, 0.3) is 0 Å². The molecule has 4 atom stereocenters. The van der Waals surface area contributed by atoms with Crippen LogP contribution in [0, 0.1) is 11.8 Å². The first-order valence-corrected chi connectivity index (χ1v) is 11.1. The Labute approximate surface area is 196 Å². The fourth-order valence-electron chi connectivity index (χ4n) is 4.77. The van der Waals surface area contributed by atoms with Gasteiger partial charge in [-0.2, -0.15) is 0 Å². The predicted molar refractivity (Wildman–Crippen MR) is 122 cm³/mol. The van der Waals surface area contributed by atoms with E-state index in [2.05, 4.69) is 10.3 Å². The summed E-state index contributed by atoms with van der Waals surface area (Å²) in [5, 5.41) is 12.8. The van der Waals surface area contributed by atoms with E-state index in [1.165, 1.54) is 4.90 Å². The quantitative estimate of drug-likeness (QED) is 0.525. The predicted octanol–water partition coefficient (Wildman–Crippen LogP) is 2.82. The second-order valence-electron chi connectivity index (χ2n) is 8.40. The second-order valence-corrected chi connectivity index (χ2v) is 8.40. The van der Waals surface area contributed by atoms with E-state index in [4.69, 9.17) is 4.74 Å². The monoisotopic (exact) mass is 457 g/mol. The Morgan fingerprint density at radius 2 is 1.59 bits per heavy atom. The van der Waals surface area contributed by atoms with Gasteiger partial charge >= 0.3 is 5.97 Å². The lowest BCUT2D eigenvalue weighted by Gasteiger charge is -2.21. The maximum Gasteiger partial charge on any atom is 0.321 e. The van der Waals surface area contributed by atoms with E-state index in [1.807, 2.05) is 42.5 Å². The van der Waals surface area contributed by atoms with E-state index in [0.29, 0.717) is 17.9 Å². The van der Waals surface area contributed by atoms with Crippen LogP contribution >= 0.6 is 0 Å². The van der Waals surface area contributed by atoms with Gasteiger partial charge in [-0.25, -0.2) is 0 Å². The Morgan fingerprint density at radius 1 is 0.912 bits per heavy atom. The van der Waals surface area contributed by atoms with Gasteiger partial charge in [0.1, 0.15) is 17.5 Å². The summed E-state index contributed by atoms with van der Waals surface area (Å²) in [4.78, 5) is 43.8. The number of aromatic nitrogens is 1. The van der Waals surface area contributed by atoms with Crippen molar-refractivity contribution in [3.8, 4) is 11.5 Å². The molecule has 2 aliphatic heterocycles. The number of carbonyl (C=O) groups is 3. The highest BCUT2D eigenvalue weighted by Gasteiger charge is 2.60. The molecule has 2 saturated heterocycles. The van der Waals surface area contributed by atoms with E-state index in [-0.39, 0.29) is 12.5 Å². The molecule has 2 N–H and O–H groups in total. The van der Waals surface area contributed by atoms with Crippen molar-refractivity contribution in [2.45, 2.75) is 18.5 Å². The van der Waals surface area contributed by atoms with E-state index in [1.54, 1.807) is 36.5 Å². The van der Waals surface area contributed by atoms with Crippen LogP contribution in [0.3, 0.4) is 0 Å². The van der Waals surface area contributed by atoms with Crippen LogP contribution in [-0.2, 0) is 20.8 Å². The number of ether oxygens (including phenoxy) is 1. The maximum absolute atomic E-state index is 13.3. The van der Waals surface area contributed by atoms with Gasteiger partial charge in [0, 0.05) is 30.9 Å². The molecule has 5 rings (SSSR count). The molecule has 0 spiro atoms. The largest absolute Gasteiger partial charge is 0.480 e. The third kappa shape index (κ3) is 4.04. The van der Waals surface area contributed by atoms with Crippen molar-refractivity contribution in [1.29, 1.82) is 0 Å². The molecule has 2 aliphatic rings. The number of fused-ring (bicyclic) bond motifs is 1. The van der Waals surface area contributed by atoms with Crippen LogP contribution in [0.1, 0.15) is 17.3 Å². The van der Waals surface area contributed by atoms with Gasteiger partial charge in [0.05, 0.1) is 11.8 Å². The topological polar surface area (TPSA) is 109 Å². The number of aliphatic carboxylic acids is 1. The number of imide groups is 1. The van der Waals surface area contributed by atoms with Crippen LogP contribution in [-0.4, -0.2) is 45.4 Å². The number of carbonyl (C=O) groups excluding carboxylic acids is 2. The van der Waals surface area contributed by atoms with Crippen molar-refractivity contribution in [2.75, 3.05) is 6.54 Å². The summed E-state index contributed by atoms with van der Waals surface area (Å²) in [6.45, 7) is 0.171. The SMILES string of the molecule is O=C(O)C1NC(c2ccc(Oc3ccccc3)cc2)C2C(=O)N(CCc3ccccn3)C(=O)C12. The molecule has 3 aromatic rings. The molecule has 3 heterocycles. The maximum atomic E-state index is 13.3. The second kappa shape index (κ2) is 9.07. The van der Waals surface area contributed by atoms with Crippen LogP contribution in [0.15, 0.2) is 79.0 Å². The Bertz CT molecular complexity index is 1200. The standard InChI is InChI=1S/C26H23N3O5/c30-24-20-21(25(31)29(24)15-13-17-6-4-5-14-27-17)23(26(32)33)28-22(20)16-9-11-19(12-10-16)34-18-7-2-1-3-8-18/h1-12,14,20-23,28H,13,15H2,(H,32,33). The summed E-state index contributed by atoms with van der Waals surface area (Å²) in [5.41, 5.74) is 1.49. The summed E-state index contributed by atoms with van der Waals surface area (Å²) in [6, 6.07) is 20.2. The molecule has 8 nitrogen and oxygen atoms in total. The van der Waals surface area contributed by atoms with Crippen molar-refractivity contribution in [1.82, 2.24) is 15.2 Å². The lowest BCUT2D eigenvalue weighted by molar-refractivity contribution is -0.146. The van der Waals surface area contributed by atoms with Gasteiger partial charge in [-0.1, -0.05) is 36.4 Å². The molecule has 4 unspecified atom stereocenters. The third-order valence-corrected chi connectivity index (χ3v) is 6.37. The Kier molecular flexibility index (Phi) is 5.81. The lowest BCUT2D eigenvalue weighted by Crippen LogP contribution is -2.43. The highest BCUT2D eigenvalue weighted by Crippen LogP contribution is 2.44. The zero-order chi connectivity index (χ0) is 23.7. The molecule has 8 heteroatoms. The van der Waals surface area contributed by atoms with E-state index in [0.717, 1.165) is 11.3 Å². The summed E-state index contributed by atoms with van der Waals surface area (Å²) in [5.74, 6) is -2.36. The highest BCUT2D eigenvalue weighted by molar-refractivity contribution is 6.08. The fraction of sp³-hybridized carbons (Fsp3) is 0.231. The number of hydrogen-bond acceptors (Lipinski definition) is 6. The first-order valence-electron chi connectivity index (χ1n) is 11.1. The van der Waals surface area contributed by atoms with Gasteiger partial charge < -0.3 is 9.84 Å². The summed E-state index contributed by atoms with van der Waals surface area (Å²) in [6.07, 6.45) is 2.07. The number of pyridine rings is 1.